The summed E-state index contributed by atoms with van der Waals surface area (Å²) in [7, 11) is 0. The highest BCUT2D eigenvalue weighted by atomic mass is 16.4. The number of aliphatic imine (C=N–C) groups is 1. The van der Waals surface area contributed by atoms with Crippen LogP contribution in [0.5, 0.6) is 0 Å². The molecule has 2 aromatic rings. The maximum atomic E-state index is 13.0. The van der Waals surface area contributed by atoms with Crippen LogP contribution in [0.2, 0.25) is 0 Å². The van der Waals surface area contributed by atoms with E-state index in [1.165, 1.54) is 6.07 Å². The van der Waals surface area contributed by atoms with E-state index in [2.05, 4.69) is 26.3 Å². The topological polar surface area (TPSA) is 194 Å². The SMILES string of the molecule is Cc1cc(=O)oc2cc(NC(=O)[C@H](CCCN=C(N)N)NC(=O)CNC(=O)[C@@H]3CCCN3)ccc12. The second kappa shape index (κ2) is 12.0. The van der Waals surface area contributed by atoms with Gasteiger partial charge in [-0.2, -0.15) is 0 Å². The Kier molecular flexibility index (Phi) is 8.79. The molecule has 0 bridgehead atoms. The van der Waals surface area contributed by atoms with Gasteiger partial charge in [-0.05, 0) is 56.8 Å². The monoisotopic (exact) mass is 485 g/mol. The molecule has 12 nitrogen and oxygen atoms in total. The van der Waals surface area contributed by atoms with Gasteiger partial charge in [0.2, 0.25) is 17.7 Å². The van der Waals surface area contributed by atoms with Gasteiger partial charge in [-0.3, -0.25) is 19.4 Å². The minimum Gasteiger partial charge on any atom is -0.423 e. The molecule has 0 radical (unpaired) electrons. The fourth-order valence-electron chi connectivity index (χ4n) is 3.85. The molecule has 8 N–H and O–H groups in total. The molecule has 0 saturated carbocycles. The lowest BCUT2D eigenvalue weighted by Gasteiger charge is -2.19. The molecule has 1 aromatic carbocycles. The molecule has 0 unspecified atom stereocenters. The van der Waals surface area contributed by atoms with E-state index in [0.29, 0.717) is 24.1 Å². The van der Waals surface area contributed by atoms with Gasteiger partial charge in [0.15, 0.2) is 5.96 Å². The van der Waals surface area contributed by atoms with E-state index in [1.54, 1.807) is 25.1 Å². The number of nitrogens with two attached hydrogens (primary N) is 2. The van der Waals surface area contributed by atoms with E-state index in [9.17, 15) is 19.2 Å². The van der Waals surface area contributed by atoms with Crippen LogP contribution in [0.1, 0.15) is 31.2 Å². The highest BCUT2D eigenvalue weighted by Gasteiger charge is 2.24. The molecule has 0 spiro atoms. The number of carbonyl (C=O) groups is 3. The molecule has 188 valence electrons. The summed E-state index contributed by atoms with van der Waals surface area (Å²) in [5, 5.41) is 11.8. The van der Waals surface area contributed by atoms with Crippen molar-refractivity contribution in [2.24, 2.45) is 16.5 Å². The van der Waals surface area contributed by atoms with Crippen LogP contribution < -0.4 is 38.4 Å². The quantitative estimate of drug-likeness (QED) is 0.112. The first kappa shape index (κ1) is 25.7. The molecule has 2 heterocycles. The Hall–Kier alpha value is -3.93. The van der Waals surface area contributed by atoms with Crippen molar-refractivity contribution in [3.05, 3.63) is 40.2 Å². The fraction of sp³-hybridized carbons (Fsp3) is 0.435. The Bertz CT molecular complexity index is 1170. The number of anilines is 1. The van der Waals surface area contributed by atoms with E-state index in [1.807, 2.05) is 0 Å². The van der Waals surface area contributed by atoms with Crippen molar-refractivity contribution in [3.63, 3.8) is 0 Å². The fourth-order valence-corrected chi connectivity index (χ4v) is 3.85. The summed E-state index contributed by atoms with van der Waals surface area (Å²) in [5.74, 6) is -1.29. The minimum atomic E-state index is -0.904. The van der Waals surface area contributed by atoms with Gasteiger partial charge >= 0.3 is 5.63 Å². The summed E-state index contributed by atoms with van der Waals surface area (Å²) in [6.45, 7) is 2.59. The van der Waals surface area contributed by atoms with E-state index in [-0.39, 0.29) is 37.4 Å². The molecular weight excluding hydrogens is 454 g/mol. The molecular formula is C23H31N7O5. The van der Waals surface area contributed by atoms with Crippen molar-refractivity contribution in [1.29, 1.82) is 0 Å². The number of nitrogens with zero attached hydrogens (tertiary/aromatic N) is 1. The van der Waals surface area contributed by atoms with Gasteiger partial charge in [-0.1, -0.05) is 0 Å². The molecule has 1 aliphatic heterocycles. The zero-order valence-electron chi connectivity index (χ0n) is 19.6. The molecule has 12 heteroatoms. The number of hydrogen-bond acceptors (Lipinski definition) is 7. The summed E-state index contributed by atoms with van der Waals surface area (Å²) in [5.41, 5.74) is 11.7. The van der Waals surface area contributed by atoms with Crippen LogP contribution in [0.25, 0.3) is 11.0 Å². The molecule has 3 rings (SSSR count). The maximum Gasteiger partial charge on any atom is 0.336 e. The van der Waals surface area contributed by atoms with Crippen molar-refractivity contribution in [3.8, 4) is 0 Å². The van der Waals surface area contributed by atoms with Crippen molar-refractivity contribution in [1.82, 2.24) is 16.0 Å². The predicted octanol–water partition coefficient (Wildman–Crippen LogP) is -0.553. The maximum absolute atomic E-state index is 13.0. The Balaban J connectivity index is 1.65. The Morgan fingerprint density at radius 1 is 1.26 bits per heavy atom. The lowest BCUT2D eigenvalue weighted by atomic mass is 10.1. The number of fused-ring (bicyclic) bond motifs is 1. The smallest absolute Gasteiger partial charge is 0.336 e. The first-order valence-corrected chi connectivity index (χ1v) is 11.4. The minimum absolute atomic E-state index is 0.0637. The van der Waals surface area contributed by atoms with Crippen LogP contribution in [0, 0.1) is 6.92 Å². The first-order valence-electron chi connectivity index (χ1n) is 11.4. The Labute approximate surface area is 201 Å². The number of guanidine groups is 1. The standard InChI is InChI=1S/C23H31N7O5/c1-13-10-20(32)35-18-11-14(6-7-15(13)18)29-22(34)17(5-3-9-27-23(24)25)30-19(31)12-28-21(33)16-4-2-8-26-16/h6-7,10-11,16-17,26H,2-5,8-9,12H2,1H3,(H,28,33)(H,29,34)(H,30,31)(H4,24,25,27)/t16-,17-/m0/s1. The van der Waals surface area contributed by atoms with E-state index in [4.69, 9.17) is 15.9 Å². The first-order chi connectivity index (χ1) is 16.7. The highest BCUT2D eigenvalue weighted by molar-refractivity contribution is 5.99. The van der Waals surface area contributed by atoms with E-state index < -0.39 is 23.5 Å². The lowest BCUT2D eigenvalue weighted by Crippen LogP contribution is -2.49. The zero-order chi connectivity index (χ0) is 25.4. The molecule has 1 fully saturated rings. The van der Waals surface area contributed by atoms with Crippen LogP contribution >= 0.6 is 0 Å². The number of aryl methyl sites for hydroxylation is 1. The number of carbonyl (C=O) groups excluding carboxylic acids is 3. The Morgan fingerprint density at radius 2 is 2.06 bits per heavy atom. The second-order valence-electron chi connectivity index (χ2n) is 8.38. The number of rotatable bonds is 10. The van der Waals surface area contributed by atoms with Crippen molar-refractivity contribution in [2.75, 3.05) is 25.0 Å². The number of nitrogens with one attached hydrogen (secondary N) is 4. The third-order valence-electron chi connectivity index (χ3n) is 5.62. The van der Waals surface area contributed by atoms with Gasteiger partial charge in [0.25, 0.3) is 0 Å². The molecule has 1 aliphatic rings. The van der Waals surface area contributed by atoms with Crippen LogP contribution in [0.3, 0.4) is 0 Å². The molecule has 2 atom stereocenters. The molecule has 1 saturated heterocycles. The predicted molar refractivity (Wildman–Crippen MR) is 132 cm³/mol. The van der Waals surface area contributed by atoms with Crippen LogP contribution in [-0.2, 0) is 14.4 Å². The number of amides is 3. The summed E-state index contributed by atoms with van der Waals surface area (Å²) in [6, 6.07) is 5.15. The molecule has 0 aliphatic carbocycles. The van der Waals surface area contributed by atoms with Gasteiger partial charge in [-0.25, -0.2) is 4.79 Å². The average molecular weight is 486 g/mol. The third kappa shape index (κ3) is 7.54. The highest BCUT2D eigenvalue weighted by Crippen LogP contribution is 2.21. The van der Waals surface area contributed by atoms with Crippen molar-refractivity contribution in [2.45, 2.75) is 44.7 Å². The van der Waals surface area contributed by atoms with Crippen LogP contribution in [0.15, 0.2) is 38.5 Å². The van der Waals surface area contributed by atoms with Crippen molar-refractivity contribution < 1.29 is 18.8 Å². The van der Waals surface area contributed by atoms with Gasteiger partial charge in [-0.15, -0.1) is 0 Å². The van der Waals surface area contributed by atoms with E-state index >= 15 is 0 Å². The Morgan fingerprint density at radius 3 is 2.77 bits per heavy atom. The van der Waals surface area contributed by atoms with Gasteiger partial charge in [0.1, 0.15) is 11.6 Å². The van der Waals surface area contributed by atoms with Gasteiger partial charge < -0.3 is 37.2 Å². The summed E-state index contributed by atoms with van der Waals surface area (Å²) in [6.07, 6.45) is 2.31. The lowest BCUT2D eigenvalue weighted by molar-refractivity contribution is -0.128. The molecule has 3 amide bonds. The van der Waals surface area contributed by atoms with Crippen molar-refractivity contribution >= 4 is 40.3 Å². The molecule has 1 aromatic heterocycles. The summed E-state index contributed by atoms with van der Waals surface area (Å²) >= 11 is 0. The van der Waals surface area contributed by atoms with Gasteiger partial charge in [0.05, 0.1) is 12.6 Å². The largest absolute Gasteiger partial charge is 0.423 e. The van der Waals surface area contributed by atoms with E-state index in [0.717, 1.165) is 23.9 Å². The average Bonchev–Trinajstić information content (AvgIpc) is 3.34. The summed E-state index contributed by atoms with van der Waals surface area (Å²) in [4.78, 5) is 53.2. The van der Waals surface area contributed by atoms with Crippen LogP contribution in [0.4, 0.5) is 5.69 Å². The second-order valence-corrected chi connectivity index (χ2v) is 8.38. The molecule has 35 heavy (non-hydrogen) atoms. The van der Waals surface area contributed by atoms with Crippen LogP contribution in [-0.4, -0.2) is 55.4 Å². The normalized spacial score (nSPS) is 15.9. The summed E-state index contributed by atoms with van der Waals surface area (Å²) < 4.78 is 5.23. The van der Waals surface area contributed by atoms with Gasteiger partial charge in [0, 0.05) is 29.8 Å². The number of hydrogen-bond donors (Lipinski definition) is 6. The third-order valence-corrected chi connectivity index (χ3v) is 5.62. The number of benzene rings is 1. The zero-order valence-corrected chi connectivity index (χ0v) is 19.6.